The van der Waals surface area contributed by atoms with Gasteiger partial charge in [0.2, 0.25) is 0 Å². The van der Waals surface area contributed by atoms with E-state index in [1.165, 1.54) is 0 Å². The van der Waals surface area contributed by atoms with Gasteiger partial charge in [0.05, 0.1) is 6.04 Å². The van der Waals surface area contributed by atoms with E-state index < -0.39 is 0 Å². The minimum Gasteiger partial charge on any atom is -0.309 e. The van der Waals surface area contributed by atoms with Gasteiger partial charge in [0, 0.05) is 15.1 Å². The van der Waals surface area contributed by atoms with Crippen molar-refractivity contribution in [3.63, 3.8) is 0 Å². The summed E-state index contributed by atoms with van der Waals surface area (Å²) in [5.74, 6) is 0. The first-order chi connectivity index (χ1) is 9.02. The van der Waals surface area contributed by atoms with Gasteiger partial charge in [0.25, 0.3) is 0 Å². The Labute approximate surface area is 128 Å². The fourth-order valence-corrected chi connectivity index (χ4v) is 2.81. The molecule has 4 heteroatoms. The molecule has 0 aliphatic heterocycles. The van der Waals surface area contributed by atoms with Crippen molar-refractivity contribution in [1.29, 1.82) is 0 Å². The van der Waals surface area contributed by atoms with E-state index in [2.05, 4.69) is 5.32 Å². The molecule has 0 fully saturated rings. The maximum absolute atomic E-state index is 6.28. The molecule has 0 saturated heterocycles. The molecule has 0 saturated carbocycles. The number of hydrogen-bond acceptors (Lipinski definition) is 1. The third-order valence-electron chi connectivity index (χ3n) is 3.10. The molecule has 0 aliphatic carbocycles. The first-order valence-electron chi connectivity index (χ1n) is 5.91. The SMILES string of the molecule is CNC(c1ccc(Cl)cc1C)c1cc(Cl)ccc1Cl. The Bertz CT molecular complexity index is 596. The van der Waals surface area contributed by atoms with Crippen molar-refractivity contribution < 1.29 is 0 Å². The summed E-state index contributed by atoms with van der Waals surface area (Å²) in [6.45, 7) is 2.03. The van der Waals surface area contributed by atoms with Crippen molar-refractivity contribution in [3.05, 3.63) is 68.2 Å². The minimum atomic E-state index is -0.0107. The van der Waals surface area contributed by atoms with E-state index in [-0.39, 0.29) is 6.04 Å². The summed E-state index contributed by atoms with van der Waals surface area (Å²) in [6.07, 6.45) is 0. The van der Waals surface area contributed by atoms with Crippen LogP contribution in [0.2, 0.25) is 15.1 Å². The van der Waals surface area contributed by atoms with Crippen molar-refractivity contribution in [2.75, 3.05) is 7.05 Å². The Morgan fingerprint density at radius 1 is 0.895 bits per heavy atom. The zero-order chi connectivity index (χ0) is 14.0. The van der Waals surface area contributed by atoms with Crippen molar-refractivity contribution in [1.82, 2.24) is 5.32 Å². The summed E-state index contributed by atoms with van der Waals surface area (Å²) < 4.78 is 0. The van der Waals surface area contributed by atoms with E-state index in [9.17, 15) is 0 Å². The van der Waals surface area contributed by atoms with Gasteiger partial charge in [-0.05, 0) is 61.0 Å². The van der Waals surface area contributed by atoms with E-state index in [0.717, 1.165) is 21.7 Å². The summed E-state index contributed by atoms with van der Waals surface area (Å²) in [5, 5.41) is 5.37. The molecule has 0 heterocycles. The van der Waals surface area contributed by atoms with Crippen LogP contribution >= 0.6 is 34.8 Å². The summed E-state index contributed by atoms with van der Waals surface area (Å²) in [6, 6.07) is 11.3. The van der Waals surface area contributed by atoms with Gasteiger partial charge >= 0.3 is 0 Å². The van der Waals surface area contributed by atoms with Crippen LogP contribution < -0.4 is 5.32 Å². The molecule has 0 bridgehead atoms. The van der Waals surface area contributed by atoms with Crippen molar-refractivity contribution >= 4 is 34.8 Å². The molecule has 0 aliphatic rings. The smallest absolute Gasteiger partial charge is 0.0592 e. The number of hydrogen-bond donors (Lipinski definition) is 1. The van der Waals surface area contributed by atoms with Gasteiger partial charge in [-0.25, -0.2) is 0 Å². The highest BCUT2D eigenvalue weighted by Gasteiger charge is 2.17. The first-order valence-corrected chi connectivity index (χ1v) is 7.04. The second kappa shape index (κ2) is 6.15. The molecule has 1 nitrogen and oxygen atoms in total. The Kier molecular flexibility index (Phi) is 4.75. The van der Waals surface area contributed by atoms with Crippen LogP contribution in [0, 0.1) is 6.92 Å². The molecule has 1 atom stereocenters. The molecule has 0 amide bonds. The number of halogens is 3. The maximum Gasteiger partial charge on any atom is 0.0592 e. The Morgan fingerprint density at radius 2 is 1.53 bits per heavy atom. The van der Waals surface area contributed by atoms with Crippen molar-refractivity contribution in [2.45, 2.75) is 13.0 Å². The van der Waals surface area contributed by atoms with Crippen LogP contribution in [-0.2, 0) is 0 Å². The average molecular weight is 315 g/mol. The number of nitrogens with one attached hydrogen (secondary N) is 1. The highest BCUT2D eigenvalue weighted by Crippen LogP contribution is 2.32. The number of aryl methyl sites for hydroxylation is 1. The highest BCUT2D eigenvalue weighted by atomic mass is 35.5. The zero-order valence-electron chi connectivity index (χ0n) is 10.7. The van der Waals surface area contributed by atoms with E-state index in [1.807, 2.05) is 44.3 Å². The zero-order valence-corrected chi connectivity index (χ0v) is 12.9. The minimum absolute atomic E-state index is 0.0107. The fraction of sp³-hybridized carbons (Fsp3) is 0.200. The van der Waals surface area contributed by atoms with Crippen LogP contribution in [-0.4, -0.2) is 7.05 Å². The van der Waals surface area contributed by atoms with Crippen LogP contribution in [0.15, 0.2) is 36.4 Å². The van der Waals surface area contributed by atoms with Crippen LogP contribution in [0.3, 0.4) is 0 Å². The fourth-order valence-electron chi connectivity index (χ4n) is 2.18. The monoisotopic (exact) mass is 313 g/mol. The third-order valence-corrected chi connectivity index (χ3v) is 3.91. The van der Waals surface area contributed by atoms with Gasteiger partial charge in [-0.3, -0.25) is 0 Å². The van der Waals surface area contributed by atoms with Gasteiger partial charge in [0.15, 0.2) is 0 Å². The lowest BCUT2D eigenvalue weighted by atomic mass is 9.95. The standard InChI is InChI=1S/C15H14Cl3N/c1-9-7-10(16)3-5-12(9)15(19-2)13-8-11(17)4-6-14(13)18/h3-8,15,19H,1-2H3. The molecule has 0 aromatic heterocycles. The molecule has 1 N–H and O–H groups in total. The average Bonchev–Trinajstić information content (AvgIpc) is 2.36. The van der Waals surface area contributed by atoms with Crippen LogP contribution in [0.5, 0.6) is 0 Å². The van der Waals surface area contributed by atoms with E-state index in [0.29, 0.717) is 10.0 Å². The molecule has 0 radical (unpaired) electrons. The number of benzene rings is 2. The van der Waals surface area contributed by atoms with E-state index in [1.54, 1.807) is 6.07 Å². The lowest BCUT2D eigenvalue weighted by Gasteiger charge is -2.21. The molecule has 1 unspecified atom stereocenters. The Morgan fingerprint density at radius 3 is 2.16 bits per heavy atom. The molecule has 0 spiro atoms. The predicted molar refractivity (Wildman–Crippen MR) is 83.6 cm³/mol. The lowest BCUT2D eigenvalue weighted by molar-refractivity contribution is 0.688. The Balaban J connectivity index is 2.52. The molecule has 100 valence electrons. The third kappa shape index (κ3) is 3.24. The van der Waals surface area contributed by atoms with E-state index >= 15 is 0 Å². The maximum atomic E-state index is 6.28. The topological polar surface area (TPSA) is 12.0 Å². The molecule has 2 rings (SSSR count). The van der Waals surface area contributed by atoms with Crippen LogP contribution in [0.25, 0.3) is 0 Å². The second-order valence-corrected chi connectivity index (χ2v) is 5.67. The van der Waals surface area contributed by atoms with Gasteiger partial charge in [0.1, 0.15) is 0 Å². The van der Waals surface area contributed by atoms with E-state index in [4.69, 9.17) is 34.8 Å². The highest BCUT2D eigenvalue weighted by molar-refractivity contribution is 6.33. The lowest BCUT2D eigenvalue weighted by Crippen LogP contribution is -2.19. The molecule has 2 aromatic rings. The van der Waals surface area contributed by atoms with Crippen LogP contribution in [0.4, 0.5) is 0 Å². The quantitative estimate of drug-likeness (QED) is 0.814. The largest absolute Gasteiger partial charge is 0.309 e. The molecular formula is C15H14Cl3N. The summed E-state index contributed by atoms with van der Waals surface area (Å²) >= 11 is 18.3. The van der Waals surface area contributed by atoms with Crippen LogP contribution in [0.1, 0.15) is 22.7 Å². The normalized spacial score (nSPS) is 12.5. The predicted octanol–water partition coefficient (Wildman–Crippen LogP) is 5.26. The Hall–Kier alpha value is -0.730. The molecule has 2 aromatic carbocycles. The summed E-state index contributed by atoms with van der Waals surface area (Å²) in [4.78, 5) is 0. The van der Waals surface area contributed by atoms with Gasteiger partial charge < -0.3 is 5.32 Å². The van der Waals surface area contributed by atoms with Gasteiger partial charge in [-0.1, -0.05) is 40.9 Å². The summed E-state index contributed by atoms with van der Waals surface area (Å²) in [7, 11) is 1.90. The number of rotatable bonds is 3. The van der Waals surface area contributed by atoms with Crippen molar-refractivity contribution in [3.8, 4) is 0 Å². The second-order valence-electron chi connectivity index (χ2n) is 4.39. The summed E-state index contributed by atoms with van der Waals surface area (Å²) in [5.41, 5.74) is 3.21. The van der Waals surface area contributed by atoms with Crippen molar-refractivity contribution in [2.24, 2.45) is 0 Å². The molecular weight excluding hydrogens is 301 g/mol. The molecule has 19 heavy (non-hydrogen) atoms. The van der Waals surface area contributed by atoms with Gasteiger partial charge in [-0.2, -0.15) is 0 Å². The first kappa shape index (κ1) is 14.7. The van der Waals surface area contributed by atoms with Gasteiger partial charge in [-0.15, -0.1) is 0 Å².